The molecule has 1 aliphatic rings. The van der Waals surface area contributed by atoms with Crippen LogP contribution in [-0.2, 0) is 16.9 Å². The van der Waals surface area contributed by atoms with Crippen molar-refractivity contribution in [2.45, 2.75) is 16.9 Å². The van der Waals surface area contributed by atoms with Crippen LogP contribution in [0, 0.1) is 0 Å². The normalized spacial score (nSPS) is 13.5. The number of fused-ring (bicyclic) bond motifs is 3. The van der Waals surface area contributed by atoms with E-state index in [4.69, 9.17) is 0 Å². The highest BCUT2D eigenvalue weighted by Crippen LogP contribution is 2.52. The largest absolute Gasteiger partial charge is 0.156 e. The molecule has 0 aromatic heterocycles. The van der Waals surface area contributed by atoms with E-state index in [0.29, 0.717) is 0 Å². The lowest BCUT2D eigenvalue weighted by Gasteiger charge is -2.32. The van der Waals surface area contributed by atoms with Crippen LogP contribution >= 0.6 is 23.5 Å². The molecule has 4 aromatic carbocycles. The second-order valence-corrected chi connectivity index (χ2v) is 10.1. The van der Waals surface area contributed by atoms with Gasteiger partial charge in [0.05, 0.1) is 0 Å². The Bertz CT molecular complexity index is 1040. The Morgan fingerprint density at radius 1 is 0.452 bits per heavy atom. The van der Waals surface area contributed by atoms with Gasteiger partial charge < -0.3 is 0 Å². The summed E-state index contributed by atoms with van der Waals surface area (Å²) in [5.41, 5.74) is 8.68. The lowest BCUT2D eigenvalue weighted by molar-refractivity contribution is 0.685. The zero-order chi connectivity index (χ0) is 20.9. The number of hydrogen-bond donors (Lipinski definition) is 0. The Kier molecular flexibility index (Phi) is 6.20. The van der Waals surface area contributed by atoms with Gasteiger partial charge in [0.15, 0.2) is 0 Å². The first-order chi connectivity index (χ1) is 15.4. The summed E-state index contributed by atoms with van der Waals surface area (Å²) in [5, 5.41) is 0. The maximum absolute atomic E-state index is 2.36. The molecule has 0 amide bonds. The van der Waals surface area contributed by atoms with E-state index >= 15 is 0 Å². The third-order valence-corrected chi connectivity index (χ3v) is 8.56. The molecule has 0 atom stereocenters. The molecule has 0 radical (unpaired) electrons. The quantitative estimate of drug-likeness (QED) is 0.275. The molecule has 1 aliphatic carbocycles. The number of thioether (sulfide) groups is 2. The number of hydrogen-bond acceptors (Lipinski definition) is 2. The van der Waals surface area contributed by atoms with Gasteiger partial charge in [0.25, 0.3) is 0 Å². The summed E-state index contributed by atoms with van der Waals surface area (Å²) in [6.45, 7) is 0. The minimum absolute atomic E-state index is 0.0477. The van der Waals surface area contributed by atoms with Crippen LogP contribution in [-0.4, -0.2) is 11.5 Å². The van der Waals surface area contributed by atoms with Crippen LogP contribution in [0.15, 0.2) is 109 Å². The number of benzene rings is 4. The summed E-state index contributed by atoms with van der Waals surface area (Å²) in [6, 6.07) is 39.8. The molecule has 0 spiro atoms. The van der Waals surface area contributed by atoms with Crippen molar-refractivity contribution in [1.29, 1.82) is 0 Å². The van der Waals surface area contributed by atoms with Crippen molar-refractivity contribution in [1.82, 2.24) is 0 Å². The Labute approximate surface area is 194 Å². The Morgan fingerprint density at radius 3 is 1.29 bits per heavy atom. The molecule has 0 aliphatic heterocycles. The molecule has 0 fully saturated rings. The van der Waals surface area contributed by atoms with Crippen LogP contribution in [0.4, 0.5) is 0 Å². The average molecular weight is 439 g/mol. The fourth-order valence-corrected chi connectivity index (χ4v) is 7.32. The van der Waals surface area contributed by atoms with Crippen LogP contribution in [0.3, 0.4) is 0 Å². The van der Waals surface area contributed by atoms with E-state index in [0.717, 1.165) is 23.0 Å². The molecule has 0 nitrogen and oxygen atoms in total. The SMILES string of the molecule is c1ccc(CSCC2(CSCc3ccccc3)c3ccccc3-c3ccccc32)cc1. The molecule has 5 rings (SSSR count). The van der Waals surface area contributed by atoms with Crippen LogP contribution < -0.4 is 0 Å². The summed E-state index contributed by atoms with van der Waals surface area (Å²) in [7, 11) is 0. The zero-order valence-corrected chi connectivity index (χ0v) is 19.2. The fourth-order valence-electron chi connectivity index (χ4n) is 4.60. The average Bonchev–Trinajstić information content (AvgIpc) is 3.11. The Morgan fingerprint density at radius 2 is 0.839 bits per heavy atom. The molecule has 0 saturated heterocycles. The van der Waals surface area contributed by atoms with Gasteiger partial charge >= 0.3 is 0 Å². The molecular formula is C29H26S2. The summed E-state index contributed by atoms with van der Waals surface area (Å²) in [6.07, 6.45) is 0. The van der Waals surface area contributed by atoms with E-state index < -0.39 is 0 Å². The van der Waals surface area contributed by atoms with Crippen molar-refractivity contribution in [2.24, 2.45) is 0 Å². The molecule has 4 aromatic rings. The lowest BCUT2D eigenvalue weighted by atomic mass is 9.82. The molecule has 0 heterocycles. The molecule has 31 heavy (non-hydrogen) atoms. The molecular weight excluding hydrogens is 412 g/mol. The van der Waals surface area contributed by atoms with Gasteiger partial charge in [-0.2, -0.15) is 23.5 Å². The monoisotopic (exact) mass is 438 g/mol. The maximum atomic E-state index is 2.36. The van der Waals surface area contributed by atoms with Gasteiger partial charge in [-0.05, 0) is 33.4 Å². The van der Waals surface area contributed by atoms with E-state index in [-0.39, 0.29) is 5.41 Å². The second-order valence-electron chi connectivity index (χ2n) is 8.13. The first-order valence-electron chi connectivity index (χ1n) is 10.8. The van der Waals surface area contributed by atoms with Crippen LogP contribution in [0.2, 0.25) is 0 Å². The smallest absolute Gasteiger partial charge is 0.0395 e. The van der Waals surface area contributed by atoms with Gasteiger partial charge in [-0.3, -0.25) is 0 Å². The Hall–Kier alpha value is -2.42. The molecule has 2 heteroatoms. The van der Waals surface area contributed by atoms with Crippen molar-refractivity contribution in [3.8, 4) is 11.1 Å². The van der Waals surface area contributed by atoms with Crippen LogP contribution in [0.5, 0.6) is 0 Å². The summed E-state index contributed by atoms with van der Waals surface area (Å²) < 4.78 is 0. The summed E-state index contributed by atoms with van der Waals surface area (Å²) in [5.74, 6) is 4.29. The number of rotatable bonds is 8. The van der Waals surface area contributed by atoms with Gasteiger partial charge in [-0.25, -0.2) is 0 Å². The standard InChI is InChI=1S/C29H26S2/c1-3-11-23(12-4-1)19-30-21-29(22-31-20-24-13-5-2-6-14-24)27-17-9-7-15-25(27)26-16-8-10-18-28(26)29/h1-18H,19-22H2. The minimum Gasteiger partial charge on any atom is -0.156 e. The summed E-state index contributed by atoms with van der Waals surface area (Å²) in [4.78, 5) is 0. The topological polar surface area (TPSA) is 0 Å². The van der Waals surface area contributed by atoms with Crippen molar-refractivity contribution < 1.29 is 0 Å². The van der Waals surface area contributed by atoms with Crippen molar-refractivity contribution in [3.63, 3.8) is 0 Å². The van der Waals surface area contributed by atoms with Gasteiger partial charge in [-0.1, -0.05) is 109 Å². The third kappa shape index (κ3) is 4.20. The Balaban J connectivity index is 1.45. The van der Waals surface area contributed by atoms with Gasteiger partial charge in [0.2, 0.25) is 0 Å². The van der Waals surface area contributed by atoms with E-state index in [9.17, 15) is 0 Å². The lowest BCUT2D eigenvalue weighted by Crippen LogP contribution is -2.31. The van der Waals surface area contributed by atoms with E-state index in [1.165, 1.54) is 33.4 Å². The van der Waals surface area contributed by atoms with Crippen molar-refractivity contribution in [3.05, 3.63) is 131 Å². The molecule has 0 unspecified atom stereocenters. The van der Waals surface area contributed by atoms with Gasteiger partial charge in [0.1, 0.15) is 0 Å². The van der Waals surface area contributed by atoms with Crippen LogP contribution in [0.1, 0.15) is 22.3 Å². The van der Waals surface area contributed by atoms with Gasteiger partial charge in [0, 0.05) is 28.4 Å². The highest BCUT2D eigenvalue weighted by atomic mass is 32.2. The molecule has 0 N–H and O–H groups in total. The van der Waals surface area contributed by atoms with Gasteiger partial charge in [-0.15, -0.1) is 0 Å². The van der Waals surface area contributed by atoms with E-state index in [2.05, 4.69) is 133 Å². The molecule has 0 bridgehead atoms. The third-order valence-electron chi connectivity index (χ3n) is 6.10. The first-order valence-corrected chi connectivity index (χ1v) is 13.1. The van der Waals surface area contributed by atoms with Crippen molar-refractivity contribution in [2.75, 3.05) is 11.5 Å². The van der Waals surface area contributed by atoms with Crippen LogP contribution in [0.25, 0.3) is 11.1 Å². The maximum Gasteiger partial charge on any atom is 0.0395 e. The zero-order valence-electron chi connectivity index (χ0n) is 17.5. The predicted molar refractivity (Wildman–Crippen MR) is 138 cm³/mol. The fraction of sp³-hybridized carbons (Fsp3) is 0.172. The van der Waals surface area contributed by atoms with E-state index in [1.54, 1.807) is 0 Å². The van der Waals surface area contributed by atoms with Crippen molar-refractivity contribution >= 4 is 23.5 Å². The minimum atomic E-state index is 0.0477. The first kappa shape index (κ1) is 20.5. The summed E-state index contributed by atoms with van der Waals surface area (Å²) >= 11 is 4.13. The van der Waals surface area contributed by atoms with E-state index in [1.807, 2.05) is 0 Å². The highest BCUT2D eigenvalue weighted by molar-refractivity contribution is 7.99. The molecule has 154 valence electrons. The second kappa shape index (κ2) is 9.38. The highest BCUT2D eigenvalue weighted by Gasteiger charge is 2.42. The molecule has 0 saturated carbocycles. The predicted octanol–water partition coefficient (Wildman–Crippen LogP) is 7.82.